The predicted molar refractivity (Wildman–Crippen MR) is 65.9 cm³/mol. The zero-order valence-corrected chi connectivity index (χ0v) is 11.5. The normalized spacial score (nSPS) is 12.4. The van der Waals surface area contributed by atoms with Gasteiger partial charge in [0.15, 0.2) is 0 Å². The van der Waals surface area contributed by atoms with Gasteiger partial charge in [-0.15, -0.1) is 10.2 Å². The van der Waals surface area contributed by atoms with Crippen molar-refractivity contribution in [1.29, 1.82) is 0 Å². The molecule has 1 amide bonds. The molecule has 0 aliphatic carbocycles. The van der Waals surface area contributed by atoms with Gasteiger partial charge in [-0.1, -0.05) is 6.92 Å². The number of carbonyl (C=O) groups is 1. The first-order chi connectivity index (χ1) is 8.62. The van der Waals surface area contributed by atoms with Gasteiger partial charge < -0.3 is 14.1 Å². The fraction of sp³-hybridized carbons (Fsp3) is 0.750. The van der Waals surface area contributed by atoms with Gasteiger partial charge in [-0.3, -0.25) is 4.79 Å². The summed E-state index contributed by atoms with van der Waals surface area (Å²) in [6.45, 7) is 8.90. The molecule has 1 aromatic heterocycles. The molecule has 1 unspecified atom stereocenters. The van der Waals surface area contributed by atoms with Crippen LogP contribution < -0.4 is 0 Å². The Hall–Kier alpha value is -1.43. The largest absolute Gasteiger partial charge is 0.423 e. The molecule has 0 aliphatic heterocycles. The Morgan fingerprint density at radius 2 is 2.00 bits per heavy atom. The zero-order valence-electron chi connectivity index (χ0n) is 11.5. The summed E-state index contributed by atoms with van der Waals surface area (Å²) in [7, 11) is 0. The van der Waals surface area contributed by atoms with Gasteiger partial charge in [0.25, 0.3) is 5.91 Å². The third-order valence-electron chi connectivity index (χ3n) is 2.60. The van der Waals surface area contributed by atoms with E-state index in [1.54, 1.807) is 11.8 Å². The third kappa shape index (κ3) is 3.80. The van der Waals surface area contributed by atoms with Crippen LogP contribution in [0.15, 0.2) is 4.42 Å². The smallest absolute Gasteiger partial charge is 0.251 e. The minimum absolute atomic E-state index is 0.0596. The highest BCUT2D eigenvalue weighted by Crippen LogP contribution is 2.07. The maximum absolute atomic E-state index is 12.1. The zero-order chi connectivity index (χ0) is 13.5. The van der Waals surface area contributed by atoms with Crippen LogP contribution in [0, 0.1) is 0 Å². The number of aryl methyl sites for hydroxylation is 1. The molecule has 6 heteroatoms. The monoisotopic (exact) mass is 255 g/mol. The number of hydrogen-bond acceptors (Lipinski definition) is 5. The molecule has 1 rings (SSSR count). The molecule has 0 bridgehead atoms. The Balaban J connectivity index is 2.63. The van der Waals surface area contributed by atoms with Gasteiger partial charge in [0.2, 0.25) is 11.8 Å². The molecule has 0 N–H and O–H groups in total. The maximum Gasteiger partial charge on any atom is 0.251 e. The molecule has 0 aliphatic rings. The maximum atomic E-state index is 12.1. The molecule has 18 heavy (non-hydrogen) atoms. The summed E-state index contributed by atoms with van der Waals surface area (Å²) in [6, 6.07) is 0. The third-order valence-corrected chi connectivity index (χ3v) is 2.60. The van der Waals surface area contributed by atoms with Gasteiger partial charge in [-0.05, 0) is 20.8 Å². The van der Waals surface area contributed by atoms with Gasteiger partial charge in [-0.2, -0.15) is 0 Å². The van der Waals surface area contributed by atoms with E-state index in [0.29, 0.717) is 37.9 Å². The van der Waals surface area contributed by atoms with Gasteiger partial charge in [0, 0.05) is 19.6 Å². The topological polar surface area (TPSA) is 68.5 Å². The van der Waals surface area contributed by atoms with Crippen molar-refractivity contribution < 1.29 is 13.9 Å². The van der Waals surface area contributed by atoms with Crippen molar-refractivity contribution in [2.45, 2.75) is 46.8 Å². The van der Waals surface area contributed by atoms with E-state index in [2.05, 4.69) is 10.2 Å². The van der Waals surface area contributed by atoms with E-state index in [9.17, 15) is 4.79 Å². The lowest BCUT2D eigenvalue weighted by Crippen LogP contribution is -2.38. The molecule has 1 aromatic rings. The summed E-state index contributed by atoms with van der Waals surface area (Å²) in [5.41, 5.74) is 0. The molecule has 0 aromatic carbocycles. The Labute approximate surface area is 107 Å². The number of nitrogens with zero attached hydrogens (tertiary/aromatic N) is 3. The molecule has 1 heterocycles. The highest BCUT2D eigenvalue weighted by Gasteiger charge is 2.21. The Kier molecular flexibility index (Phi) is 5.77. The van der Waals surface area contributed by atoms with Crippen LogP contribution in [0.2, 0.25) is 0 Å². The van der Waals surface area contributed by atoms with Crippen LogP contribution in [0.3, 0.4) is 0 Å². The number of ether oxygens (including phenoxy) is 1. The van der Waals surface area contributed by atoms with E-state index in [1.165, 1.54) is 0 Å². The second kappa shape index (κ2) is 7.10. The van der Waals surface area contributed by atoms with Crippen molar-refractivity contribution in [2.75, 3.05) is 13.2 Å². The number of amides is 1. The first-order valence-electron chi connectivity index (χ1n) is 6.33. The summed E-state index contributed by atoms with van der Waals surface area (Å²) in [5, 5.41) is 7.79. The van der Waals surface area contributed by atoms with E-state index >= 15 is 0 Å². The molecule has 6 nitrogen and oxygen atoms in total. The Morgan fingerprint density at radius 1 is 1.33 bits per heavy atom. The van der Waals surface area contributed by atoms with Crippen molar-refractivity contribution >= 4 is 5.91 Å². The number of hydrogen-bond donors (Lipinski definition) is 0. The summed E-state index contributed by atoms with van der Waals surface area (Å²) in [6.07, 6.45) is 0.256. The molecule has 0 spiro atoms. The molecule has 0 fully saturated rings. The van der Waals surface area contributed by atoms with Crippen LogP contribution >= 0.6 is 0 Å². The predicted octanol–water partition coefficient (Wildman–Crippen LogP) is 1.41. The van der Waals surface area contributed by atoms with Crippen LogP contribution in [0.4, 0.5) is 0 Å². The van der Waals surface area contributed by atoms with E-state index in [1.807, 2.05) is 20.8 Å². The van der Waals surface area contributed by atoms with Crippen LogP contribution in [-0.2, 0) is 22.5 Å². The summed E-state index contributed by atoms with van der Waals surface area (Å²) >= 11 is 0. The fourth-order valence-corrected chi connectivity index (χ4v) is 1.58. The molecular weight excluding hydrogens is 234 g/mol. The second-order valence-electron chi connectivity index (χ2n) is 3.89. The lowest BCUT2D eigenvalue weighted by Gasteiger charge is -2.22. The second-order valence-corrected chi connectivity index (χ2v) is 3.89. The van der Waals surface area contributed by atoms with Crippen molar-refractivity contribution in [1.82, 2.24) is 15.1 Å². The van der Waals surface area contributed by atoms with Gasteiger partial charge in [-0.25, -0.2) is 0 Å². The lowest BCUT2D eigenvalue weighted by molar-refractivity contribution is -0.143. The van der Waals surface area contributed by atoms with Crippen LogP contribution in [0.25, 0.3) is 0 Å². The van der Waals surface area contributed by atoms with E-state index < -0.39 is 6.10 Å². The van der Waals surface area contributed by atoms with E-state index in [0.717, 1.165) is 0 Å². The average molecular weight is 255 g/mol. The first-order valence-corrected chi connectivity index (χ1v) is 6.33. The van der Waals surface area contributed by atoms with Crippen molar-refractivity contribution in [3.63, 3.8) is 0 Å². The highest BCUT2D eigenvalue weighted by molar-refractivity contribution is 5.80. The minimum atomic E-state index is -0.441. The van der Waals surface area contributed by atoms with Gasteiger partial charge in [0.05, 0.1) is 6.54 Å². The molecule has 102 valence electrons. The summed E-state index contributed by atoms with van der Waals surface area (Å²) in [5.74, 6) is 0.993. The SMILES string of the molecule is CCOC(C)C(=O)N(CC)Cc1nnc(CC)o1. The molecule has 0 saturated heterocycles. The van der Waals surface area contributed by atoms with Crippen molar-refractivity contribution in [3.8, 4) is 0 Å². The van der Waals surface area contributed by atoms with Crippen LogP contribution in [0.1, 0.15) is 39.5 Å². The van der Waals surface area contributed by atoms with Crippen molar-refractivity contribution in [3.05, 3.63) is 11.8 Å². The van der Waals surface area contributed by atoms with Gasteiger partial charge >= 0.3 is 0 Å². The number of aromatic nitrogens is 2. The Morgan fingerprint density at radius 3 is 2.50 bits per heavy atom. The molecule has 1 atom stereocenters. The Bertz CT molecular complexity index is 378. The summed E-state index contributed by atoms with van der Waals surface area (Å²) < 4.78 is 10.7. The van der Waals surface area contributed by atoms with E-state index in [4.69, 9.17) is 9.15 Å². The highest BCUT2D eigenvalue weighted by atomic mass is 16.5. The lowest BCUT2D eigenvalue weighted by atomic mass is 10.3. The van der Waals surface area contributed by atoms with Crippen LogP contribution in [-0.4, -0.2) is 40.3 Å². The van der Waals surface area contributed by atoms with Crippen LogP contribution in [0.5, 0.6) is 0 Å². The van der Waals surface area contributed by atoms with Crippen molar-refractivity contribution in [2.24, 2.45) is 0 Å². The average Bonchev–Trinajstić information content (AvgIpc) is 2.83. The molecule has 0 saturated carbocycles. The fourth-order valence-electron chi connectivity index (χ4n) is 1.58. The number of rotatable bonds is 7. The standard InChI is InChI=1S/C12H21N3O3/c1-5-10-13-14-11(18-10)8-15(6-2)12(16)9(4)17-7-3/h9H,5-8H2,1-4H3. The minimum Gasteiger partial charge on any atom is -0.423 e. The van der Waals surface area contributed by atoms with E-state index in [-0.39, 0.29) is 5.91 Å². The quantitative estimate of drug-likeness (QED) is 0.736. The number of likely N-dealkylation sites (N-methyl/N-ethyl adjacent to an activating group) is 1. The first kappa shape index (κ1) is 14.6. The number of carbonyl (C=O) groups excluding carboxylic acids is 1. The molecule has 0 radical (unpaired) electrons. The molecular formula is C12H21N3O3. The van der Waals surface area contributed by atoms with Gasteiger partial charge in [0.1, 0.15) is 6.10 Å². The summed E-state index contributed by atoms with van der Waals surface area (Å²) in [4.78, 5) is 13.7.